The molecule has 38 heavy (non-hydrogen) atoms. The van der Waals surface area contributed by atoms with Crippen molar-refractivity contribution in [1.82, 2.24) is 9.88 Å². The van der Waals surface area contributed by atoms with Crippen LogP contribution < -0.4 is 9.64 Å². The number of aromatic nitrogens is 1. The van der Waals surface area contributed by atoms with Crippen LogP contribution in [0.5, 0.6) is 5.75 Å². The standard InChI is InChI=1S/C31H31N3O4/c1-21-8-13-25(22(2)18-21)29-19-27(26-6-4-5-7-28(26)32-29)31(36)38-20-30(35)34-16-14-33(15-17-34)23-9-11-24(37-3)12-10-23/h4-13,18-19H,14-17,20H2,1-3H3. The van der Waals surface area contributed by atoms with Crippen LogP contribution in [0.25, 0.3) is 22.2 Å². The third-order valence-corrected chi connectivity index (χ3v) is 6.99. The number of ether oxygens (including phenoxy) is 2. The van der Waals surface area contributed by atoms with Gasteiger partial charge in [0.05, 0.1) is 23.9 Å². The molecule has 1 saturated heterocycles. The van der Waals surface area contributed by atoms with Gasteiger partial charge in [-0.25, -0.2) is 9.78 Å². The van der Waals surface area contributed by atoms with Crippen molar-refractivity contribution in [3.05, 3.63) is 89.5 Å². The minimum absolute atomic E-state index is 0.194. The van der Waals surface area contributed by atoms with E-state index in [0.29, 0.717) is 48.3 Å². The molecular formula is C31H31N3O4. The number of pyridine rings is 1. The fourth-order valence-corrected chi connectivity index (χ4v) is 4.89. The molecule has 0 bridgehead atoms. The van der Waals surface area contributed by atoms with Gasteiger partial charge in [0.2, 0.25) is 0 Å². The van der Waals surface area contributed by atoms with Crippen LogP contribution in [0.2, 0.25) is 0 Å². The van der Waals surface area contributed by atoms with E-state index in [1.807, 2.05) is 74.5 Å². The maximum absolute atomic E-state index is 13.2. The molecule has 0 unspecified atom stereocenters. The van der Waals surface area contributed by atoms with Crippen LogP contribution in [0.4, 0.5) is 5.69 Å². The number of amides is 1. The average Bonchev–Trinajstić information content (AvgIpc) is 2.95. The maximum atomic E-state index is 13.2. The van der Waals surface area contributed by atoms with E-state index in [1.54, 1.807) is 18.1 Å². The number of carbonyl (C=O) groups is 2. The van der Waals surface area contributed by atoms with Crippen molar-refractivity contribution in [1.29, 1.82) is 0 Å². The zero-order valence-corrected chi connectivity index (χ0v) is 21.9. The number of para-hydroxylation sites is 1. The summed E-state index contributed by atoms with van der Waals surface area (Å²) in [6.07, 6.45) is 0. The van der Waals surface area contributed by atoms with Crippen LogP contribution >= 0.6 is 0 Å². The monoisotopic (exact) mass is 509 g/mol. The normalized spacial score (nSPS) is 13.4. The van der Waals surface area contributed by atoms with Crippen LogP contribution in [0.3, 0.4) is 0 Å². The smallest absolute Gasteiger partial charge is 0.339 e. The topological polar surface area (TPSA) is 72.0 Å². The van der Waals surface area contributed by atoms with E-state index in [4.69, 9.17) is 14.5 Å². The fourth-order valence-electron chi connectivity index (χ4n) is 4.89. The molecule has 1 aliphatic heterocycles. The summed E-state index contributed by atoms with van der Waals surface area (Å²) in [4.78, 5) is 34.9. The third kappa shape index (κ3) is 5.32. The highest BCUT2D eigenvalue weighted by Crippen LogP contribution is 2.28. The second kappa shape index (κ2) is 10.9. The molecule has 0 N–H and O–H groups in total. The van der Waals surface area contributed by atoms with Gasteiger partial charge in [-0.2, -0.15) is 0 Å². The van der Waals surface area contributed by atoms with Gasteiger partial charge in [0.1, 0.15) is 5.75 Å². The van der Waals surface area contributed by atoms with Gasteiger partial charge in [0.15, 0.2) is 6.61 Å². The molecule has 4 aromatic rings. The number of carbonyl (C=O) groups excluding carboxylic acids is 2. The molecule has 0 atom stereocenters. The van der Waals surface area contributed by atoms with E-state index in [-0.39, 0.29) is 12.5 Å². The molecule has 7 heteroatoms. The van der Waals surface area contributed by atoms with Crippen molar-refractivity contribution in [2.24, 2.45) is 0 Å². The number of hydrogen-bond acceptors (Lipinski definition) is 6. The van der Waals surface area contributed by atoms with Crippen molar-refractivity contribution in [2.75, 3.05) is 44.8 Å². The summed E-state index contributed by atoms with van der Waals surface area (Å²) in [6, 6.07) is 23.3. The Morgan fingerprint density at radius 3 is 2.34 bits per heavy atom. The van der Waals surface area contributed by atoms with Gasteiger partial charge < -0.3 is 19.3 Å². The lowest BCUT2D eigenvalue weighted by Gasteiger charge is -2.36. The molecule has 0 radical (unpaired) electrons. The second-order valence-electron chi connectivity index (χ2n) is 9.53. The second-order valence-corrected chi connectivity index (χ2v) is 9.53. The summed E-state index contributed by atoms with van der Waals surface area (Å²) >= 11 is 0. The van der Waals surface area contributed by atoms with Crippen LogP contribution in [-0.2, 0) is 9.53 Å². The molecule has 3 aromatic carbocycles. The molecule has 0 aliphatic carbocycles. The first-order valence-corrected chi connectivity index (χ1v) is 12.7. The molecule has 1 amide bonds. The van der Waals surface area contributed by atoms with Crippen molar-refractivity contribution in [3.63, 3.8) is 0 Å². The van der Waals surface area contributed by atoms with Crippen molar-refractivity contribution < 1.29 is 19.1 Å². The van der Waals surface area contributed by atoms with E-state index in [0.717, 1.165) is 28.1 Å². The van der Waals surface area contributed by atoms with E-state index in [1.165, 1.54) is 0 Å². The van der Waals surface area contributed by atoms with Crippen molar-refractivity contribution in [2.45, 2.75) is 13.8 Å². The van der Waals surface area contributed by atoms with Gasteiger partial charge in [0.25, 0.3) is 5.91 Å². The summed E-state index contributed by atoms with van der Waals surface area (Å²) in [5, 5.41) is 0.701. The lowest BCUT2D eigenvalue weighted by atomic mass is 9.99. The number of fused-ring (bicyclic) bond motifs is 1. The van der Waals surface area contributed by atoms with Gasteiger partial charge in [-0.3, -0.25) is 4.79 Å². The molecule has 194 valence electrons. The predicted octanol–water partition coefficient (Wildman–Crippen LogP) is 5.03. The molecule has 1 aromatic heterocycles. The Labute approximate surface area is 222 Å². The van der Waals surface area contributed by atoms with Gasteiger partial charge in [-0.05, 0) is 55.8 Å². The Hall–Kier alpha value is -4.39. The molecule has 7 nitrogen and oxygen atoms in total. The largest absolute Gasteiger partial charge is 0.497 e. The first-order valence-electron chi connectivity index (χ1n) is 12.7. The molecule has 1 aliphatic rings. The quantitative estimate of drug-likeness (QED) is 0.340. The number of nitrogens with zero attached hydrogens (tertiary/aromatic N) is 3. The summed E-state index contributed by atoms with van der Waals surface area (Å²) < 4.78 is 10.8. The highest BCUT2D eigenvalue weighted by molar-refractivity contribution is 6.05. The van der Waals surface area contributed by atoms with Gasteiger partial charge >= 0.3 is 5.97 Å². The molecule has 5 rings (SSSR count). The number of esters is 1. The lowest BCUT2D eigenvalue weighted by Crippen LogP contribution is -2.49. The first kappa shape index (κ1) is 25.3. The summed E-state index contributed by atoms with van der Waals surface area (Å²) in [5.74, 6) is 0.0907. The molecular weight excluding hydrogens is 478 g/mol. The molecule has 1 fully saturated rings. The van der Waals surface area contributed by atoms with Gasteiger partial charge in [0, 0.05) is 42.8 Å². The summed E-state index contributed by atoms with van der Waals surface area (Å²) in [5.41, 5.74) is 6.11. The third-order valence-electron chi connectivity index (χ3n) is 6.99. The highest BCUT2D eigenvalue weighted by atomic mass is 16.5. The molecule has 0 spiro atoms. The number of methoxy groups -OCH3 is 1. The van der Waals surface area contributed by atoms with E-state index < -0.39 is 5.97 Å². The fraction of sp³-hybridized carbons (Fsp3) is 0.258. The van der Waals surface area contributed by atoms with Crippen molar-refractivity contribution >= 4 is 28.5 Å². The zero-order chi connectivity index (χ0) is 26.6. The Bertz CT molecular complexity index is 1470. The van der Waals surface area contributed by atoms with Gasteiger partial charge in [-0.15, -0.1) is 0 Å². The number of anilines is 1. The number of hydrogen-bond donors (Lipinski definition) is 0. The SMILES string of the molecule is COc1ccc(N2CCN(C(=O)COC(=O)c3cc(-c4ccc(C)cc4C)nc4ccccc34)CC2)cc1. The van der Waals surface area contributed by atoms with Crippen molar-refractivity contribution in [3.8, 4) is 17.0 Å². The minimum Gasteiger partial charge on any atom is -0.497 e. The number of rotatable bonds is 6. The predicted molar refractivity (Wildman–Crippen MR) is 149 cm³/mol. The zero-order valence-electron chi connectivity index (χ0n) is 21.9. The summed E-state index contributed by atoms with van der Waals surface area (Å²) in [6.45, 7) is 6.33. The Morgan fingerprint density at radius 1 is 0.895 bits per heavy atom. The van der Waals surface area contributed by atoms with Crippen LogP contribution in [0.1, 0.15) is 21.5 Å². The van der Waals surface area contributed by atoms with Crippen LogP contribution in [0.15, 0.2) is 72.8 Å². The lowest BCUT2D eigenvalue weighted by molar-refractivity contribution is -0.134. The van der Waals surface area contributed by atoms with E-state index in [9.17, 15) is 9.59 Å². The summed E-state index contributed by atoms with van der Waals surface area (Å²) in [7, 11) is 1.65. The van der Waals surface area contributed by atoms with E-state index in [2.05, 4.69) is 11.0 Å². The number of piperazine rings is 1. The van der Waals surface area contributed by atoms with Gasteiger partial charge in [-0.1, -0.05) is 42.0 Å². The van der Waals surface area contributed by atoms with E-state index >= 15 is 0 Å². The van der Waals surface area contributed by atoms with Crippen LogP contribution in [-0.4, -0.2) is 61.7 Å². The van der Waals surface area contributed by atoms with Crippen LogP contribution in [0, 0.1) is 13.8 Å². The maximum Gasteiger partial charge on any atom is 0.339 e. The first-order chi connectivity index (χ1) is 18.4. The molecule has 2 heterocycles. The molecule has 0 saturated carbocycles. The Morgan fingerprint density at radius 2 is 1.63 bits per heavy atom. The number of aryl methyl sites for hydroxylation is 2. The Balaban J connectivity index is 1.26. The highest BCUT2D eigenvalue weighted by Gasteiger charge is 2.23. The number of benzene rings is 3. The Kier molecular flexibility index (Phi) is 7.26. The average molecular weight is 510 g/mol. The minimum atomic E-state index is -0.528.